The number of aliphatic hydroxyl groups is 1. The van der Waals surface area contributed by atoms with Crippen molar-refractivity contribution in [1.29, 1.82) is 0 Å². The molecule has 1 atom stereocenters. The first kappa shape index (κ1) is 18.6. The van der Waals surface area contributed by atoms with Crippen molar-refractivity contribution < 1.29 is 18.3 Å². The van der Waals surface area contributed by atoms with Crippen LogP contribution in [0.4, 0.5) is 5.69 Å². The fourth-order valence-electron chi connectivity index (χ4n) is 1.86. The zero-order chi connectivity index (χ0) is 17.7. The Balaban J connectivity index is 2.00. The first-order chi connectivity index (χ1) is 11.3. The molecule has 2 rings (SSSR count). The first-order valence-electron chi connectivity index (χ1n) is 7.41. The predicted octanol–water partition coefficient (Wildman–Crippen LogP) is 2.35. The minimum atomic E-state index is -3.73. The SMILES string of the molecule is CC(C)C(=O)Nc1ccc(S(=O)(=O)NCC(O)c2cccs2)cc1. The van der Waals surface area contributed by atoms with Crippen molar-refractivity contribution in [3.8, 4) is 0 Å². The van der Waals surface area contributed by atoms with Crippen molar-refractivity contribution in [2.75, 3.05) is 11.9 Å². The summed E-state index contributed by atoms with van der Waals surface area (Å²) in [5.74, 6) is -0.295. The zero-order valence-corrected chi connectivity index (χ0v) is 15.0. The van der Waals surface area contributed by atoms with Crippen molar-refractivity contribution >= 4 is 33.0 Å². The van der Waals surface area contributed by atoms with Gasteiger partial charge in [-0.15, -0.1) is 11.3 Å². The molecule has 0 saturated carbocycles. The molecule has 8 heteroatoms. The summed E-state index contributed by atoms with van der Waals surface area (Å²) in [5, 5.41) is 14.5. The fraction of sp³-hybridized carbons (Fsp3) is 0.312. The number of anilines is 1. The third-order valence-corrected chi connectivity index (χ3v) is 5.71. The molecule has 1 unspecified atom stereocenters. The summed E-state index contributed by atoms with van der Waals surface area (Å²) in [5.41, 5.74) is 0.534. The van der Waals surface area contributed by atoms with E-state index in [-0.39, 0.29) is 23.3 Å². The van der Waals surface area contributed by atoms with Crippen LogP contribution in [0.3, 0.4) is 0 Å². The minimum absolute atomic E-state index is 0.0726. The van der Waals surface area contributed by atoms with E-state index in [1.807, 2.05) is 5.38 Å². The Morgan fingerprint density at radius 2 is 1.88 bits per heavy atom. The lowest BCUT2D eigenvalue weighted by Crippen LogP contribution is -2.28. The van der Waals surface area contributed by atoms with Crippen molar-refractivity contribution in [2.24, 2.45) is 5.92 Å². The zero-order valence-electron chi connectivity index (χ0n) is 13.4. The van der Waals surface area contributed by atoms with Crippen LogP contribution in [0.2, 0.25) is 0 Å². The van der Waals surface area contributed by atoms with Gasteiger partial charge in [0.25, 0.3) is 0 Å². The molecule has 2 aromatic rings. The highest BCUT2D eigenvalue weighted by atomic mass is 32.2. The van der Waals surface area contributed by atoms with E-state index in [4.69, 9.17) is 0 Å². The van der Waals surface area contributed by atoms with Crippen LogP contribution >= 0.6 is 11.3 Å². The van der Waals surface area contributed by atoms with Gasteiger partial charge in [-0.3, -0.25) is 4.79 Å². The number of carbonyl (C=O) groups is 1. The van der Waals surface area contributed by atoms with Gasteiger partial charge in [0, 0.05) is 23.0 Å². The summed E-state index contributed by atoms with van der Waals surface area (Å²) >= 11 is 1.36. The first-order valence-corrected chi connectivity index (χ1v) is 9.78. The molecule has 0 aliphatic heterocycles. The number of nitrogens with one attached hydrogen (secondary N) is 2. The van der Waals surface area contributed by atoms with E-state index in [2.05, 4.69) is 10.0 Å². The lowest BCUT2D eigenvalue weighted by Gasteiger charge is -2.12. The Morgan fingerprint density at radius 1 is 1.21 bits per heavy atom. The quantitative estimate of drug-likeness (QED) is 0.699. The van der Waals surface area contributed by atoms with Crippen molar-refractivity contribution in [3.05, 3.63) is 46.7 Å². The maximum Gasteiger partial charge on any atom is 0.240 e. The number of carbonyl (C=O) groups excluding carboxylic acids is 1. The van der Waals surface area contributed by atoms with E-state index in [1.54, 1.807) is 26.0 Å². The Bertz CT molecular complexity index is 769. The molecule has 6 nitrogen and oxygen atoms in total. The van der Waals surface area contributed by atoms with Gasteiger partial charge in [-0.25, -0.2) is 13.1 Å². The van der Waals surface area contributed by atoms with Crippen LogP contribution in [0.1, 0.15) is 24.8 Å². The third-order valence-electron chi connectivity index (χ3n) is 3.29. The molecule has 0 bridgehead atoms. The van der Waals surface area contributed by atoms with E-state index in [9.17, 15) is 18.3 Å². The van der Waals surface area contributed by atoms with E-state index < -0.39 is 16.1 Å². The highest BCUT2D eigenvalue weighted by Gasteiger charge is 2.17. The standard InChI is InChI=1S/C16H20N2O4S2/c1-11(2)16(20)18-12-5-7-13(8-6-12)24(21,22)17-10-14(19)15-4-3-9-23-15/h3-9,11,14,17,19H,10H2,1-2H3,(H,18,20). The number of thiophene rings is 1. The van der Waals surface area contributed by atoms with Gasteiger partial charge in [-0.1, -0.05) is 19.9 Å². The van der Waals surface area contributed by atoms with Crippen molar-refractivity contribution in [2.45, 2.75) is 24.8 Å². The average Bonchev–Trinajstić information content (AvgIpc) is 3.07. The molecule has 0 radical (unpaired) electrons. The second-order valence-corrected chi connectivity index (χ2v) is 8.30. The molecule has 1 amide bonds. The number of rotatable bonds is 7. The fourth-order valence-corrected chi connectivity index (χ4v) is 3.61. The van der Waals surface area contributed by atoms with Gasteiger partial charge < -0.3 is 10.4 Å². The second-order valence-electron chi connectivity index (χ2n) is 5.55. The molecular weight excluding hydrogens is 348 g/mol. The molecular formula is C16H20N2O4S2. The molecule has 24 heavy (non-hydrogen) atoms. The topological polar surface area (TPSA) is 95.5 Å². The summed E-state index contributed by atoms with van der Waals surface area (Å²) in [7, 11) is -3.73. The average molecular weight is 368 g/mol. The van der Waals surface area contributed by atoms with Gasteiger partial charge >= 0.3 is 0 Å². The number of benzene rings is 1. The summed E-state index contributed by atoms with van der Waals surface area (Å²) in [6, 6.07) is 9.43. The number of sulfonamides is 1. The van der Waals surface area contributed by atoms with Crippen LogP contribution in [0.5, 0.6) is 0 Å². The predicted molar refractivity (Wildman–Crippen MR) is 94.4 cm³/mol. The monoisotopic (exact) mass is 368 g/mol. The molecule has 1 heterocycles. The molecule has 0 fully saturated rings. The lowest BCUT2D eigenvalue weighted by atomic mass is 10.2. The summed E-state index contributed by atoms with van der Waals surface area (Å²) in [6.07, 6.45) is -0.885. The lowest BCUT2D eigenvalue weighted by molar-refractivity contribution is -0.118. The van der Waals surface area contributed by atoms with Crippen LogP contribution < -0.4 is 10.0 Å². The van der Waals surface area contributed by atoms with Crippen LogP contribution in [-0.2, 0) is 14.8 Å². The smallest absolute Gasteiger partial charge is 0.240 e. The normalized spacial score (nSPS) is 13.0. The highest BCUT2D eigenvalue weighted by molar-refractivity contribution is 7.89. The number of hydrogen-bond acceptors (Lipinski definition) is 5. The van der Waals surface area contributed by atoms with Crippen LogP contribution in [0.25, 0.3) is 0 Å². The Labute approximate surface area is 145 Å². The molecule has 0 saturated heterocycles. The van der Waals surface area contributed by atoms with Gasteiger partial charge in [-0.2, -0.15) is 0 Å². The molecule has 0 spiro atoms. The van der Waals surface area contributed by atoms with Crippen LogP contribution in [-0.4, -0.2) is 26.0 Å². The minimum Gasteiger partial charge on any atom is -0.386 e. The highest BCUT2D eigenvalue weighted by Crippen LogP contribution is 2.19. The number of amides is 1. The van der Waals surface area contributed by atoms with Gasteiger partial charge in [0.05, 0.1) is 4.90 Å². The Hall–Kier alpha value is -1.74. The van der Waals surface area contributed by atoms with E-state index >= 15 is 0 Å². The molecule has 3 N–H and O–H groups in total. The van der Waals surface area contributed by atoms with Gasteiger partial charge in [0.2, 0.25) is 15.9 Å². The Kier molecular flexibility index (Phi) is 6.11. The molecule has 0 aliphatic carbocycles. The van der Waals surface area contributed by atoms with Crippen LogP contribution in [0.15, 0.2) is 46.7 Å². The summed E-state index contributed by atoms with van der Waals surface area (Å²) < 4.78 is 26.9. The van der Waals surface area contributed by atoms with E-state index in [0.29, 0.717) is 10.6 Å². The van der Waals surface area contributed by atoms with Crippen LogP contribution in [0, 0.1) is 5.92 Å². The van der Waals surface area contributed by atoms with Gasteiger partial charge in [0.1, 0.15) is 6.10 Å². The largest absolute Gasteiger partial charge is 0.386 e. The third kappa shape index (κ3) is 4.88. The van der Waals surface area contributed by atoms with E-state index in [1.165, 1.54) is 35.6 Å². The molecule has 0 aliphatic rings. The number of hydrogen-bond donors (Lipinski definition) is 3. The maximum absolute atomic E-state index is 12.2. The maximum atomic E-state index is 12.2. The molecule has 130 valence electrons. The molecule has 1 aromatic heterocycles. The van der Waals surface area contributed by atoms with E-state index in [0.717, 1.165) is 0 Å². The van der Waals surface area contributed by atoms with Gasteiger partial charge in [-0.05, 0) is 35.7 Å². The van der Waals surface area contributed by atoms with Crippen molar-refractivity contribution in [3.63, 3.8) is 0 Å². The second kappa shape index (κ2) is 7.89. The summed E-state index contributed by atoms with van der Waals surface area (Å²) in [4.78, 5) is 12.4. The Morgan fingerprint density at radius 3 is 2.42 bits per heavy atom. The van der Waals surface area contributed by atoms with Crippen molar-refractivity contribution in [1.82, 2.24) is 4.72 Å². The summed E-state index contributed by atoms with van der Waals surface area (Å²) in [6.45, 7) is 3.45. The van der Waals surface area contributed by atoms with Gasteiger partial charge in [0.15, 0.2) is 0 Å². The molecule has 1 aromatic carbocycles. The number of aliphatic hydroxyl groups excluding tert-OH is 1.